The molecule has 0 aliphatic carbocycles. The summed E-state index contributed by atoms with van der Waals surface area (Å²) >= 11 is 0. The van der Waals surface area contributed by atoms with E-state index in [4.69, 9.17) is 15.4 Å². The molecule has 0 aliphatic heterocycles. The van der Waals surface area contributed by atoms with Gasteiger partial charge in [0.05, 0.1) is 11.5 Å². The molecule has 14 heavy (non-hydrogen) atoms. The van der Waals surface area contributed by atoms with Crippen molar-refractivity contribution >= 4 is 19.7 Å². The summed E-state index contributed by atoms with van der Waals surface area (Å²) in [5.41, 5.74) is 1.81. The van der Waals surface area contributed by atoms with Crippen LogP contribution < -0.4 is 0 Å². The Balaban J connectivity index is 3.13. The minimum absolute atomic E-state index is 0.122. The van der Waals surface area contributed by atoms with Gasteiger partial charge >= 0.3 is 0 Å². The second-order valence-electron chi connectivity index (χ2n) is 2.96. The second kappa shape index (κ2) is 4.29. The molecule has 0 atom stereocenters. The Kier molecular flexibility index (Phi) is 3.53. The molecule has 0 fully saturated rings. The standard InChI is InChI=1S/C9H11ClO3S/c1-7-5-9(14(10,11)12)4-3-8(7)6-13-2/h3-5H,6H2,1-2H3. The molecular formula is C9H11ClO3S. The molecule has 0 saturated carbocycles. The quantitative estimate of drug-likeness (QED) is 0.752. The molecule has 3 nitrogen and oxygen atoms in total. The van der Waals surface area contributed by atoms with Crippen LogP contribution in [0.2, 0.25) is 0 Å². The van der Waals surface area contributed by atoms with E-state index in [1.807, 2.05) is 6.92 Å². The van der Waals surface area contributed by atoms with Gasteiger partial charge in [-0.3, -0.25) is 0 Å². The molecule has 0 aliphatic rings. The van der Waals surface area contributed by atoms with Crippen LogP contribution in [-0.4, -0.2) is 15.5 Å². The number of rotatable bonds is 3. The summed E-state index contributed by atoms with van der Waals surface area (Å²) in [5, 5.41) is 0. The zero-order chi connectivity index (χ0) is 10.8. The molecule has 0 N–H and O–H groups in total. The molecule has 0 unspecified atom stereocenters. The minimum atomic E-state index is -3.63. The van der Waals surface area contributed by atoms with Crippen LogP contribution in [0.4, 0.5) is 0 Å². The number of aryl methyl sites for hydroxylation is 1. The van der Waals surface area contributed by atoms with Crippen LogP contribution in [-0.2, 0) is 20.4 Å². The fraction of sp³-hybridized carbons (Fsp3) is 0.333. The third kappa shape index (κ3) is 2.70. The lowest BCUT2D eigenvalue weighted by Crippen LogP contribution is -1.96. The van der Waals surface area contributed by atoms with Gasteiger partial charge in [0.1, 0.15) is 0 Å². The van der Waals surface area contributed by atoms with Crippen LogP contribution >= 0.6 is 10.7 Å². The number of benzene rings is 1. The smallest absolute Gasteiger partial charge is 0.261 e. The highest BCUT2D eigenvalue weighted by Gasteiger charge is 2.10. The maximum atomic E-state index is 11.0. The summed E-state index contributed by atoms with van der Waals surface area (Å²) in [6.45, 7) is 2.29. The van der Waals surface area contributed by atoms with E-state index in [2.05, 4.69) is 0 Å². The topological polar surface area (TPSA) is 43.4 Å². The first kappa shape index (κ1) is 11.5. The predicted octanol–water partition coefficient (Wildman–Crippen LogP) is 2.07. The van der Waals surface area contributed by atoms with Gasteiger partial charge in [-0.1, -0.05) is 6.07 Å². The van der Waals surface area contributed by atoms with Crippen molar-refractivity contribution in [3.8, 4) is 0 Å². The minimum Gasteiger partial charge on any atom is -0.380 e. The molecule has 0 amide bonds. The normalized spacial score (nSPS) is 11.6. The maximum absolute atomic E-state index is 11.0. The molecule has 78 valence electrons. The Hall–Kier alpha value is -0.580. The first-order chi connectivity index (χ1) is 6.45. The first-order valence-corrected chi connectivity index (χ1v) is 6.29. The molecular weight excluding hydrogens is 224 g/mol. The summed E-state index contributed by atoms with van der Waals surface area (Å²) < 4.78 is 26.9. The fourth-order valence-electron chi connectivity index (χ4n) is 1.14. The number of halogens is 1. The SMILES string of the molecule is COCc1ccc(S(=O)(=O)Cl)cc1C. The van der Waals surface area contributed by atoms with Gasteiger partial charge in [-0.05, 0) is 30.2 Å². The molecule has 1 aromatic rings. The Morgan fingerprint density at radius 2 is 2.07 bits per heavy atom. The summed E-state index contributed by atoms with van der Waals surface area (Å²) in [5.74, 6) is 0. The third-order valence-electron chi connectivity index (χ3n) is 1.90. The van der Waals surface area contributed by atoms with Crippen molar-refractivity contribution in [1.29, 1.82) is 0 Å². The second-order valence-corrected chi connectivity index (χ2v) is 5.53. The lowest BCUT2D eigenvalue weighted by molar-refractivity contribution is 0.184. The van der Waals surface area contributed by atoms with E-state index in [1.165, 1.54) is 12.1 Å². The van der Waals surface area contributed by atoms with Crippen molar-refractivity contribution in [2.45, 2.75) is 18.4 Å². The van der Waals surface area contributed by atoms with Gasteiger partial charge < -0.3 is 4.74 Å². The van der Waals surface area contributed by atoms with Gasteiger partial charge in [0.15, 0.2) is 0 Å². The van der Waals surface area contributed by atoms with Crippen molar-refractivity contribution in [3.05, 3.63) is 29.3 Å². The molecule has 0 aromatic heterocycles. The van der Waals surface area contributed by atoms with E-state index in [1.54, 1.807) is 13.2 Å². The first-order valence-electron chi connectivity index (χ1n) is 3.98. The van der Waals surface area contributed by atoms with Gasteiger partial charge in [0.2, 0.25) is 0 Å². The molecule has 1 aromatic carbocycles. The van der Waals surface area contributed by atoms with Gasteiger partial charge in [0.25, 0.3) is 9.05 Å². The van der Waals surface area contributed by atoms with Gasteiger partial charge in [-0.15, -0.1) is 0 Å². The Morgan fingerprint density at radius 3 is 2.50 bits per heavy atom. The summed E-state index contributed by atoms with van der Waals surface area (Å²) in [6, 6.07) is 4.72. The van der Waals surface area contributed by atoms with E-state index in [0.29, 0.717) is 6.61 Å². The lowest BCUT2D eigenvalue weighted by atomic mass is 10.1. The molecule has 0 saturated heterocycles. The average Bonchev–Trinajstić information content (AvgIpc) is 2.07. The number of methoxy groups -OCH3 is 1. The van der Waals surface area contributed by atoms with Crippen LogP contribution in [0.25, 0.3) is 0 Å². The van der Waals surface area contributed by atoms with Crippen LogP contribution in [0.5, 0.6) is 0 Å². The van der Waals surface area contributed by atoms with Crippen LogP contribution in [0, 0.1) is 6.92 Å². The fourth-order valence-corrected chi connectivity index (χ4v) is 1.97. The maximum Gasteiger partial charge on any atom is 0.261 e. The van der Waals surface area contributed by atoms with Gasteiger partial charge in [0, 0.05) is 17.8 Å². The predicted molar refractivity (Wildman–Crippen MR) is 54.9 cm³/mol. The van der Waals surface area contributed by atoms with Crippen molar-refractivity contribution < 1.29 is 13.2 Å². The lowest BCUT2D eigenvalue weighted by Gasteiger charge is -2.05. The van der Waals surface area contributed by atoms with E-state index >= 15 is 0 Å². The third-order valence-corrected chi connectivity index (χ3v) is 3.25. The zero-order valence-corrected chi connectivity index (χ0v) is 9.52. The Bertz CT molecular complexity index is 426. The monoisotopic (exact) mass is 234 g/mol. The van der Waals surface area contributed by atoms with E-state index in [9.17, 15) is 8.42 Å². The van der Waals surface area contributed by atoms with Crippen molar-refractivity contribution in [2.75, 3.05) is 7.11 Å². The van der Waals surface area contributed by atoms with E-state index in [-0.39, 0.29) is 4.90 Å². The molecule has 0 heterocycles. The highest BCUT2D eigenvalue weighted by Crippen LogP contribution is 2.19. The summed E-state index contributed by atoms with van der Waals surface area (Å²) in [6.07, 6.45) is 0. The number of hydrogen-bond acceptors (Lipinski definition) is 3. The van der Waals surface area contributed by atoms with Gasteiger partial charge in [-0.2, -0.15) is 0 Å². The summed E-state index contributed by atoms with van der Waals surface area (Å²) in [4.78, 5) is 0.122. The highest BCUT2D eigenvalue weighted by molar-refractivity contribution is 8.13. The molecule has 0 radical (unpaired) electrons. The highest BCUT2D eigenvalue weighted by atomic mass is 35.7. The van der Waals surface area contributed by atoms with Crippen molar-refractivity contribution in [2.24, 2.45) is 0 Å². The zero-order valence-electron chi connectivity index (χ0n) is 7.95. The number of ether oxygens (including phenoxy) is 1. The summed E-state index contributed by atoms with van der Waals surface area (Å²) in [7, 11) is 3.16. The van der Waals surface area contributed by atoms with E-state index in [0.717, 1.165) is 11.1 Å². The Morgan fingerprint density at radius 1 is 1.43 bits per heavy atom. The van der Waals surface area contributed by atoms with Crippen molar-refractivity contribution in [3.63, 3.8) is 0 Å². The van der Waals surface area contributed by atoms with Crippen LogP contribution in [0.1, 0.15) is 11.1 Å². The van der Waals surface area contributed by atoms with Crippen molar-refractivity contribution in [1.82, 2.24) is 0 Å². The van der Waals surface area contributed by atoms with Crippen LogP contribution in [0.15, 0.2) is 23.1 Å². The molecule has 0 spiro atoms. The average molecular weight is 235 g/mol. The number of hydrogen-bond donors (Lipinski definition) is 0. The van der Waals surface area contributed by atoms with E-state index < -0.39 is 9.05 Å². The molecule has 5 heteroatoms. The molecule has 0 bridgehead atoms. The van der Waals surface area contributed by atoms with Crippen LogP contribution in [0.3, 0.4) is 0 Å². The largest absolute Gasteiger partial charge is 0.380 e. The molecule has 1 rings (SSSR count). The van der Waals surface area contributed by atoms with Gasteiger partial charge in [-0.25, -0.2) is 8.42 Å². The Labute approximate surface area is 88.1 Å².